The largest absolute Gasteiger partial charge is 0.369 e. The summed E-state index contributed by atoms with van der Waals surface area (Å²) < 4.78 is 13.4. The Morgan fingerprint density at radius 2 is 2.04 bits per heavy atom. The van der Waals surface area contributed by atoms with Crippen molar-refractivity contribution in [3.63, 3.8) is 0 Å². The predicted molar refractivity (Wildman–Crippen MR) is 97.4 cm³/mol. The number of anilines is 2. The zero-order valence-electron chi connectivity index (χ0n) is 13.5. The second-order valence-corrected chi connectivity index (χ2v) is 5.96. The molecule has 0 aliphatic rings. The predicted octanol–water partition coefficient (Wildman–Crippen LogP) is 4.04. The molecule has 3 aromatic rings. The number of amides is 1. The van der Waals surface area contributed by atoms with Crippen LogP contribution in [0.3, 0.4) is 0 Å². The molecule has 2 aromatic carbocycles. The molecule has 0 unspecified atom stereocenters. The number of benzene rings is 2. The lowest BCUT2D eigenvalue weighted by molar-refractivity contribution is -0.114. The van der Waals surface area contributed by atoms with Gasteiger partial charge in [-0.15, -0.1) is 0 Å². The summed E-state index contributed by atoms with van der Waals surface area (Å²) >= 11 is 6.17. The Hall–Kier alpha value is -2.73. The van der Waals surface area contributed by atoms with E-state index in [4.69, 9.17) is 11.6 Å². The summed E-state index contributed by atoms with van der Waals surface area (Å²) in [6, 6.07) is 9.89. The zero-order valence-corrected chi connectivity index (χ0v) is 14.3. The van der Waals surface area contributed by atoms with E-state index in [-0.39, 0.29) is 11.7 Å². The van der Waals surface area contributed by atoms with Gasteiger partial charge < -0.3 is 10.6 Å². The van der Waals surface area contributed by atoms with Crippen molar-refractivity contribution in [1.82, 2.24) is 9.97 Å². The Labute approximate surface area is 149 Å². The summed E-state index contributed by atoms with van der Waals surface area (Å²) in [7, 11) is 0. The quantitative estimate of drug-likeness (QED) is 0.722. The molecule has 128 valence electrons. The number of nitrogens with zero attached hydrogens (tertiary/aromatic N) is 2. The van der Waals surface area contributed by atoms with Crippen molar-refractivity contribution >= 4 is 39.9 Å². The van der Waals surface area contributed by atoms with Crippen molar-refractivity contribution < 1.29 is 9.18 Å². The molecular formula is C18H16ClFN4O. The van der Waals surface area contributed by atoms with Crippen LogP contribution in [0.5, 0.6) is 0 Å². The molecule has 5 nitrogen and oxygen atoms in total. The number of aromatic nitrogens is 2. The SMILES string of the molecule is CC(=O)Nc1ccc(CCNc2ncnc3ccc(F)cc23)cc1Cl. The lowest BCUT2D eigenvalue weighted by Gasteiger charge is -2.10. The Kier molecular flexibility index (Phi) is 5.09. The van der Waals surface area contributed by atoms with Crippen LogP contribution in [0, 0.1) is 5.82 Å². The van der Waals surface area contributed by atoms with Crippen LogP contribution in [0.15, 0.2) is 42.7 Å². The molecule has 0 spiro atoms. The van der Waals surface area contributed by atoms with Crippen molar-refractivity contribution in [2.24, 2.45) is 0 Å². The van der Waals surface area contributed by atoms with Crippen LogP contribution in [0.1, 0.15) is 12.5 Å². The van der Waals surface area contributed by atoms with E-state index in [0.717, 1.165) is 5.56 Å². The summed E-state index contributed by atoms with van der Waals surface area (Å²) in [4.78, 5) is 19.4. The highest BCUT2D eigenvalue weighted by molar-refractivity contribution is 6.33. The number of hydrogen-bond acceptors (Lipinski definition) is 4. The van der Waals surface area contributed by atoms with Crippen LogP contribution in [-0.2, 0) is 11.2 Å². The fraction of sp³-hybridized carbons (Fsp3) is 0.167. The van der Waals surface area contributed by atoms with E-state index in [2.05, 4.69) is 20.6 Å². The minimum atomic E-state index is -0.328. The molecule has 2 N–H and O–H groups in total. The molecule has 25 heavy (non-hydrogen) atoms. The fourth-order valence-corrected chi connectivity index (χ4v) is 2.75. The number of rotatable bonds is 5. The number of fused-ring (bicyclic) bond motifs is 1. The molecule has 0 radical (unpaired) electrons. The van der Waals surface area contributed by atoms with Gasteiger partial charge >= 0.3 is 0 Å². The average molecular weight is 359 g/mol. The topological polar surface area (TPSA) is 66.9 Å². The first-order chi connectivity index (χ1) is 12.0. The average Bonchev–Trinajstić information content (AvgIpc) is 2.57. The van der Waals surface area contributed by atoms with E-state index in [9.17, 15) is 9.18 Å². The Bertz CT molecular complexity index is 932. The standard InChI is InChI=1S/C18H16ClFN4O/c1-11(25)24-17-4-2-12(8-15(17)19)6-7-21-18-14-9-13(20)3-5-16(14)22-10-23-18/h2-5,8-10H,6-7H2,1H3,(H,24,25)(H,21,22,23). The number of nitrogens with one attached hydrogen (secondary N) is 2. The molecule has 3 rings (SSSR count). The van der Waals surface area contributed by atoms with E-state index in [1.807, 2.05) is 12.1 Å². The van der Waals surface area contributed by atoms with Gasteiger partial charge in [0.25, 0.3) is 0 Å². The number of carbonyl (C=O) groups is 1. The third-order valence-corrected chi connectivity index (χ3v) is 3.96. The summed E-state index contributed by atoms with van der Waals surface area (Å²) in [6.07, 6.45) is 2.14. The van der Waals surface area contributed by atoms with Gasteiger partial charge in [0.1, 0.15) is 18.0 Å². The molecule has 1 amide bonds. The van der Waals surface area contributed by atoms with Gasteiger partial charge in [0.05, 0.1) is 16.2 Å². The first-order valence-electron chi connectivity index (χ1n) is 7.73. The molecule has 0 fully saturated rings. The van der Waals surface area contributed by atoms with Crippen LogP contribution in [0.2, 0.25) is 5.02 Å². The van der Waals surface area contributed by atoms with E-state index in [1.165, 1.54) is 25.4 Å². The molecular weight excluding hydrogens is 343 g/mol. The van der Waals surface area contributed by atoms with Gasteiger partial charge in [-0.1, -0.05) is 17.7 Å². The Balaban J connectivity index is 1.68. The van der Waals surface area contributed by atoms with E-state index < -0.39 is 0 Å². The maximum absolute atomic E-state index is 13.4. The van der Waals surface area contributed by atoms with Gasteiger partial charge in [-0.05, 0) is 42.3 Å². The third kappa shape index (κ3) is 4.22. The number of hydrogen-bond donors (Lipinski definition) is 2. The van der Waals surface area contributed by atoms with Crippen molar-refractivity contribution in [3.05, 3.63) is 59.1 Å². The fourth-order valence-electron chi connectivity index (χ4n) is 2.50. The highest BCUT2D eigenvalue weighted by Gasteiger charge is 2.06. The lowest BCUT2D eigenvalue weighted by Crippen LogP contribution is -2.08. The molecule has 0 saturated heterocycles. The molecule has 0 bridgehead atoms. The molecule has 1 aromatic heterocycles. The Morgan fingerprint density at radius 1 is 1.20 bits per heavy atom. The van der Waals surface area contributed by atoms with Crippen molar-refractivity contribution in [2.75, 3.05) is 17.2 Å². The van der Waals surface area contributed by atoms with Gasteiger partial charge in [-0.3, -0.25) is 4.79 Å². The van der Waals surface area contributed by atoms with Crippen molar-refractivity contribution in [3.8, 4) is 0 Å². The van der Waals surface area contributed by atoms with Crippen LogP contribution in [0.25, 0.3) is 10.9 Å². The second kappa shape index (κ2) is 7.44. The zero-order chi connectivity index (χ0) is 17.8. The van der Waals surface area contributed by atoms with Gasteiger partial charge in [-0.2, -0.15) is 0 Å². The van der Waals surface area contributed by atoms with Gasteiger partial charge in [0.2, 0.25) is 5.91 Å². The molecule has 0 aliphatic heterocycles. The van der Waals surface area contributed by atoms with E-state index in [1.54, 1.807) is 12.1 Å². The van der Waals surface area contributed by atoms with Crippen LogP contribution >= 0.6 is 11.6 Å². The minimum absolute atomic E-state index is 0.167. The summed E-state index contributed by atoms with van der Waals surface area (Å²) in [5.74, 6) is 0.0929. The second-order valence-electron chi connectivity index (χ2n) is 5.56. The van der Waals surface area contributed by atoms with Gasteiger partial charge in [-0.25, -0.2) is 14.4 Å². The number of carbonyl (C=O) groups excluding carboxylic acids is 1. The maximum atomic E-state index is 13.4. The van der Waals surface area contributed by atoms with E-state index in [0.29, 0.717) is 40.4 Å². The van der Waals surface area contributed by atoms with Crippen LogP contribution in [0.4, 0.5) is 15.9 Å². The Morgan fingerprint density at radius 3 is 2.80 bits per heavy atom. The first-order valence-corrected chi connectivity index (χ1v) is 8.11. The van der Waals surface area contributed by atoms with Gasteiger partial charge in [0.15, 0.2) is 0 Å². The monoisotopic (exact) mass is 358 g/mol. The van der Waals surface area contributed by atoms with Crippen molar-refractivity contribution in [2.45, 2.75) is 13.3 Å². The van der Waals surface area contributed by atoms with Crippen molar-refractivity contribution in [1.29, 1.82) is 0 Å². The smallest absolute Gasteiger partial charge is 0.221 e. The molecule has 7 heteroatoms. The summed E-state index contributed by atoms with van der Waals surface area (Å²) in [5.41, 5.74) is 2.28. The molecule has 0 atom stereocenters. The van der Waals surface area contributed by atoms with Gasteiger partial charge in [0, 0.05) is 18.9 Å². The highest BCUT2D eigenvalue weighted by Crippen LogP contribution is 2.24. The molecule has 1 heterocycles. The summed E-state index contributed by atoms with van der Waals surface area (Å²) in [5, 5.41) is 7.00. The molecule has 0 saturated carbocycles. The third-order valence-electron chi connectivity index (χ3n) is 3.65. The molecule has 0 aliphatic carbocycles. The minimum Gasteiger partial charge on any atom is -0.369 e. The maximum Gasteiger partial charge on any atom is 0.221 e. The summed E-state index contributed by atoms with van der Waals surface area (Å²) in [6.45, 7) is 2.03. The normalized spacial score (nSPS) is 10.7. The van der Waals surface area contributed by atoms with Crippen LogP contribution < -0.4 is 10.6 Å². The number of halogens is 2. The van der Waals surface area contributed by atoms with Crippen LogP contribution in [-0.4, -0.2) is 22.4 Å². The lowest BCUT2D eigenvalue weighted by atomic mass is 10.1. The highest BCUT2D eigenvalue weighted by atomic mass is 35.5. The van der Waals surface area contributed by atoms with E-state index >= 15 is 0 Å². The first kappa shape index (κ1) is 17.1.